The fourth-order valence-corrected chi connectivity index (χ4v) is 2.08. The van der Waals surface area contributed by atoms with Crippen LogP contribution in [0.2, 0.25) is 0 Å². The molecule has 2 aliphatic rings. The van der Waals surface area contributed by atoms with E-state index in [1.165, 1.54) is 14.2 Å². The summed E-state index contributed by atoms with van der Waals surface area (Å²) in [7, 11) is 4.11. The molecule has 13 heteroatoms. The van der Waals surface area contributed by atoms with Crippen molar-refractivity contribution >= 4 is 23.7 Å². The van der Waals surface area contributed by atoms with E-state index in [9.17, 15) is 19.2 Å². The summed E-state index contributed by atoms with van der Waals surface area (Å²) in [5, 5.41) is 26.5. The molecule has 13 nitrogen and oxygen atoms in total. The predicted molar refractivity (Wildman–Crippen MR) is 124 cm³/mol. The van der Waals surface area contributed by atoms with Crippen LogP contribution in [0.1, 0.15) is 35.0 Å². The van der Waals surface area contributed by atoms with Gasteiger partial charge in [0.2, 0.25) is 7.21 Å². The summed E-state index contributed by atoms with van der Waals surface area (Å²) < 4.78 is 34.5. The molecule has 2 fully saturated rings. The van der Waals surface area contributed by atoms with Crippen LogP contribution in [0.5, 0.6) is 0 Å². The van der Waals surface area contributed by atoms with Crippen molar-refractivity contribution in [3.63, 3.8) is 0 Å². The monoisotopic (exact) mass is 519 g/mol. The van der Waals surface area contributed by atoms with Gasteiger partial charge in [0.15, 0.2) is 0 Å². The van der Waals surface area contributed by atoms with Crippen molar-refractivity contribution in [1.29, 1.82) is 1.43 Å². The number of rotatable bonds is 6. The third-order valence-corrected chi connectivity index (χ3v) is 4.80. The lowest BCUT2D eigenvalue weighted by molar-refractivity contribution is -0.180. The first-order chi connectivity index (χ1) is 17.5. The van der Waals surface area contributed by atoms with Crippen LogP contribution in [0.3, 0.4) is 0 Å². The Kier molecular flexibility index (Phi) is 25.0. The van der Waals surface area contributed by atoms with Crippen LogP contribution >= 0.6 is 0 Å². The minimum Gasteiger partial charge on any atom is -0.463 e. The molecule has 35 heavy (non-hydrogen) atoms. The topological polar surface area (TPSA) is 195 Å². The highest BCUT2D eigenvalue weighted by Gasteiger charge is 2.39. The number of esters is 3. The van der Waals surface area contributed by atoms with E-state index in [0.717, 1.165) is 47.2 Å². The largest absolute Gasteiger partial charge is 0.463 e. The molecule has 0 aromatic heterocycles. The Morgan fingerprint density at radius 1 is 0.914 bits per heavy atom. The SMILES string of the molecule is CCC1(CO)COC1.CCC1(COC(=O)C(=O)OC)COC1.CO.COC(=O)C(C)=O.[2H]CO.[3H]OC. The molecule has 2 rings (SSSR count). The van der Waals surface area contributed by atoms with Crippen molar-refractivity contribution in [2.75, 3.05) is 75.2 Å². The first-order valence-corrected chi connectivity index (χ1v) is 10.4. The molecule has 0 aliphatic carbocycles. The van der Waals surface area contributed by atoms with Crippen LogP contribution < -0.4 is 0 Å². The minimum absolute atomic E-state index is 0.0936. The van der Waals surface area contributed by atoms with E-state index in [0.29, 0.717) is 13.2 Å². The summed E-state index contributed by atoms with van der Waals surface area (Å²) in [6.07, 6.45) is 1.89. The standard InChI is InChI=1S/C9H14O5.C6H12O2.C4H6O3.3CH4O/c1-3-9(4-13-5-9)6-14-8(11)7(10)12-2;1-2-6(3-7)4-8-5-6;1-3(5)4(6)7-2;3*1-2/h3-6H2,1-2H3;7H,2-5H2,1H3;1-2H3;3*2H,1H3/i;;;2T;1D;. The number of carbonyl (C=O) groups excluding carboxylic acids is 4. The van der Waals surface area contributed by atoms with Gasteiger partial charge in [0.05, 0.1) is 54.0 Å². The number of aliphatic hydroxyl groups excluding tert-OH is 4. The Morgan fingerprint density at radius 2 is 1.29 bits per heavy atom. The fraction of sp³-hybridized carbons (Fsp3) is 0.818. The lowest BCUT2D eigenvalue weighted by Gasteiger charge is -2.39. The van der Waals surface area contributed by atoms with Gasteiger partial charge in [-0.3, -0.25) is 4.79 Å². The molecule has 2 heterocycles. The van der Waals surface area contributed by atoms with Crippen LogP contribution in [-0.4, -0.2) is 121 Å². The van der Waals surface area contributed by atoms with Gasteiger partial charge in [0.1, 0.15) is 6.61 Å². The van der Waals surface area contributed by atoms with Crippen molar-refractivity contribution in [1.82, 2.24) is 0 Å². The Hall–Kier alpha value is -2.16. The summed E-state index contributed by atoms with van der Waals surface area (Å²) in [6.45, 7) is 8.40. The molecule has 0 atom stereocenters. The fourth-order valence-electron chi connectivity index (χ4n) is 2.08. The number of hydrogen-bond acceptors (Lipinski definition) is 13. The lowest BCUT2D eigenvalue weighted by Crippen LogP contribution is -2.46. The molecule has 2 saturated heterocycles. The third kappa shape index (κ3) is 17.0. The van der Waals surface area contributed by atoms with Crippen molar-refractivity contribution in [3.05, 3.63) is 0 Å². The zero-order valence-corrected chi connectivity index (χ0v) is 21.8. The lowest BCUT2D eigenvalue weighted by atomic mass is 9.84. The van der Waals surface area contributed by atoms with Crippen LogP contribution in [0, 0.1) is 10.8 Å². The molecule has 0 amide bonds. The predicted octanol–water partition coefficient (Wildman–Crippen LogP) is -0.892. The van der Waals surface area contributed by atoms with Crippen LogP contribution in [0.4, 0.5) is 0 Å². The van der Waals surface area contributed by atoms with E-state index < -0.39 is 30.8 Å². The molecule has 0 unspecified atom stereocenters. The van der Waals surface area contributed by atoms with Crippen molar-refractivity contribution in [3.8, 4) is 0 Å². The number of aliphatic hydroxyl groups is 4. The zero-order valence-electron chi connectivity index (χ0n) is 23.8. The van der Waals surface area contributed by atoms with Gasteiger partial charge in [0.25, 0.3) is 0 Å². The average Bonchev–Trinajstić information content (AvgIpc) is 2.85. The number of ether oxygens (including phenoxy) is 5. The third-order valence-electron chi connectivity index (χ3n) is 4.80. The van der Waals surface area contributed by atoms with E-state index in [-0.39, 0.29) is 24.0 Å². The molecule has 0 saturated carbocycles. The van der Waals surface area contributed by atoms with E-state index in [4.69, 9.17) is 32.3 Å². The molecular weight excluding hydrogens is 472 g/mol. The highest BCUT2D eigenvalue weighted by Crippen LogP contribution is 2.31. The zero-order chi connectivity index (χ0) is 29.9. The van der Waals surface area contributed by atoms with Gasteiger partial charge in [-0.25, -0.2) is 14.4 Å². The van der Waals surface area contributed by atoms with Gasteiger partial charge in [-0.15, -0.1) is 0 Å². The van der Waals surface area contributed by atoms with Gasteiger partial charge < -0.3 is 44.1 Å². The highest BCUT2D eigenvalue weighted by atomic mass is 16.6. The summed E-state index contributed by atoms with van der Waals surface area (Å²) in [4.78, 5) is 41.5. The smallest absolute Gasteiger partial charge is 0.417 e. The number of carbonyl (C=O) groups is 4. The Labute approximate surface area is 210 Å². The van der Waals surface area contributed by atoms with Gasteiger partial charge in [0, 0.05) is 33.6 Å². The molecule has 0 aromatic carbocycles. The van der Waals surface area contributed by atoms with Crippen LogP contribution in [0.15, 0.2) is 0 Å². The molecule has 0 bridgehead atoms. The van der Waals surface area contributed by atoms with E-state index in [1.807, 2.05) is 6.92 Å². The summed E-state index contributed by atoms with van der Waals surface area (Å²) in [5.74, 6) is -3.26. The van der Waals surface area contributed by atoms with Crippen molar-refractivity contribution < 1.29 is 64.7 Å². The molecule has 0 radical (unpaired) electrons. The number of Topliss-reactive ketones (excluding diaryl/α,β-unsaturated/α-hetero) is 1. The molecule has 210 valence electrons. The Bertz CT molecular complexity index is 574. The molecule has 0 aromatic rings. The van der Waals surface area contributed by atoms with Gasteiger partial charge >= 0.3 is 17.9 Å². The quantitative estimate of drug-likeness (QED) is 0.192. The van der Waals surface area contributed by atoms with E-state index in [2.05, 4.69) is 21.5 Å². The van der Waals surface area contributed by atoms with Gasteiger partial charge in [-0.05, 0) is 12.8 Å². The molecule has 4 N–H and O–H groups in total. The molecular formula is C22H44O13. The number of hydrogen-bond donors (Lipinski definition) is 4. The van der Waals surface area contributed by atoms with Gasteiger partial charge in [-0.1, -0.05) is 13.8 Å². The van der Waals surface area contributed by atoms with Crippen LogP contribution in [0.25, 0.3) is 0 Å². The Balaban J connectivity index is -0.000000203. The van der Waals surface area contributed by atoms with Crippen LogP contribution in [-0.2, 0) is 42.9 Å². The number of methoxy groups -OCH3 is 2. The van der Waals surface area contributed by atoms with Crippen molar-refractivity contribution in [2.24, 2.45) is 10.8 Å². The maximum absolute atomic E-state index is 10.9. The first kappa shape index (κ1) is 35.0. The molecule has 0 spiro atoms. The molecule has 2 aliphatic heterocycles. The maximum Gasteiger partial charge on any atom is 0.417 e. The number of ketones is 1. The van der Waals surface area contributed by atoms with Gasteiger partial charge in [-0.2, -0.15) is 0 Å². The highest BCUT2D eigenvalue weighted by molar-refractivity contribution is 6.32. The normalized spacial score (nSPS) is 15.7. The van der Waals surface area contributed by atoms with E-state index in [1.54, 1.807) is 0 Å². The summed E-state index contributed by atoms with van der Waals surface area (Å²) >= 11 is 0. The first-order valence-electron chi connectivity index (χ1n) is 11.5. The maximum atomic E-state index is 10.9. The summed E-state index contributed by atoms with van der Waals surface area (Å²) in [6, 6.07) is 0. The van der Waals surface area contributed by atoms with E-state index >= 15 is 0 Å². The Morgan fingerprint density at radius 3 is 1.43 bits per heavy atom. The minimum atomic E-state index is -0.962. The second kappa shape index (κ2) is 24.9. The second-order valence-electron chi connectivity index (χ2n) is 6.97. The second-order valence-corrected chi connectivity index (χ2v) is 6.97. The average molecular weight is 520 g/mol. The summed E-state index contributed by atoms with van der Waals surface area (Å²) in [5.41, 5.74) is 0.0453. The van der Waals surface area contributed by atoms with Crippen molar-refractivity contribution in [2.45, 2.75) is 33.6 Å².